The number of aromatic nitrogens is 2. The summed E-state index contributed by atoms with van der Waals surface area (Å²) < 4.78 is 15.2. The minimum absolute atomic E-state index is 0.233. The molecule has 1 heterocycles. The van der Waals surface area contributed by atoms with Crippen molar-refractivity contribution in [2.45, 2.75) is 32.4 Å². The van der Waals surface area contributed by atoms with Gasteiger partial charge in [0.05, 0.1) is 12.4 Å². The van der Waals surface area contributed by atoms with E-state index in [1.54, 1.807) is 31.6 Å². The molecule has 4 nitrogen and oxygen atoms in total. The van der Waals surface area contributed by atoms with Crippen LogP contribution >= 0.6 is 0 Å². The second kappa shape index (κ2) is 7.90. The van der Waals surface area contributed by atoms with Crippen LogP contribution in [0.2, 0.25) is 0 Å². The van der Waals surface area contributed by atoms with Gasteiger partial charge in [-0.1, -0.05) is 12.1 Å². The molecule has 2 N–H and O–H groups in total. The van der Waals surface area contributed by atoms with Gasteiger partial charge in [0, 0.05) is 18.9 Å². The highest BCUT2D eigenvalue weighted by molar-refractivity contribution is 5.25. The standard InChI is InChI=1S/C16H22FN3O/c1-13-11-14(3-4-15(13)17)16(21)5-7-18-6-2-9-20-10-8-19-12-20/h3-4,8,10-12,16,18,21H,2,5-7,9H2,1H3. The summed E-state index contributed by atoms with van der Waals surface area (Å²) in [5, 5.41) is 13.4. The number of aliphatic hydroxyl groups excluding tert-OH is 1. The smallest absolute Gasteiger partial charge is 0.126 e. The van der Waals surface area contributed by atoms with E-state index >= 15 is 0 Å². The largest absolute Gasteiger partial charge is 0.388 e. The minimum Gasteiger partial charge on any atom is -0.388 e. The van der Waals surface area contributed by atoms with Crippen LogP contribution in [0.3, 0.4) is 0 Å². The van der Waals surface area contributed by atoms with Gasteiger partial charge in [-0.15, -0.1) is 0 Å². The van der Waals surface area contributed by atoms with Crippen molar-refractivity contribution in [3.8, 4) is 0 Å². The molecule has 2 rings (SSSR count). The molecule has 0 aliphatic carbocycles. The summed E-state index contributed by atoms with van der Waals surface area (Å²) in [7, 11) is 0. The average Bonchev–Trinajstić information content (AvgIpc) is 2.98. The molecule has 0 fully saturated rings. The molecule has 1 unspecified atom stereocenters. The summed E-state index contributed by atoms with van der Waals surface area (Å²) in [6, 6.07) is 4.76. The molecule has 21 heavy (non-hydrogen) atoms. The van der Waals surface area contributed by atoms with Gasteiger partial charge in [-0.25, -0.2) is 9.37 Å². The van der Waals surface area contributed by atoms with Crippen molar-refractivity contribution in [2.75, 3.05) is 13.1 Å². The van der Waals surface area contributed by atoms with Crippen LogP contribution in [0, 0.1) is 12.7 Å². The topological polar surface area (TPSA) is 50.1 Å². The molecule has 114 valence electrons. The SMILES string of the molecule is Cc1cc(C(O)CCNCCCn2ccnc2)ccc1F. The van der Waals surface area contributed by atoms with Gasteiger partial charge in [0.25, 0.3) is 0 Å². The summed E-state index contributed by atoms with van der Waals surface area (Å²) in [5.74, 6) is -0.233. The Balaban J connectivity index is 1.62. The lowest BCUT2D eigenvalue weighted by atomic mass is 10.0. The van der Waals surface area contributed by atoms with Gasteiger partial charge in [0.1, 0.15) is 5.82 Å². The molecule has 1 aromatic carbocycles. The zero-order chi connectivity index (χ0) is 15.1. The Morgan fingerprint density at radius 2 is 2.24 bits per heavy atom. The summed E-state index contributed by atoms with van der Waals surface area (Å²) in [5.41, 5.74) is 1.34. The van der Waals surface area contributed by atoms with E-state index in [1.165, 1.54) is 6.07 Å². The number of aliphatic hydroxyl groups is 1. The van der Waals surface area contributed by atoms with Crippen molar-refractivity contribution >= 4 is 0 Å². The molecule has 0 aliphatic rings. The fourth-order valence-corrected chi connectivity index (χ4v) is 2.21. The van der Waals surface area contributed by atoms with Crippen LogP contribution in [0.4, 0.5) is 4.39 Å². The third kappa shape index (κ3) is 4.95. The Labute approximate surface area is 124 Å². The fourth-order valence-electron chi connectivity index (χ4n) is 2.21. The van der Waals surface area contributed by atoms with E-state index in [1.807, 2.05) is 10.8 Å². The first-order valence-corrected chi connectivity index (χ1v) is 7.27. The van der Waals surface area contributed by atoms with Gasteiger partial charge in [-0.2, -0.15) is 0 Å². The van der Waals surface area contributed by atoms with Crippen LogP contribution < -0.4 is 5.32 Å². The average molecular weight is 291 g/mol. The summed E-state index contributed by atoms with van der Waals surface area (Å²) >= 11 is 0. The highest BCUT2D eigenvalue weighted by Crippen LogP contribution is 2.18. The lowest BCUT2D eigenvalue weighted by Crippen LogP contribution is -2.20. The predicted molar refractivity (Wildman–Crippen MR) is 80.4 cm³/mol. The van der Waals surface area contributed by atoms with Gasteiger partial charge in [-0.3, -0.25) is 0 Å². The molecular weight excluding hydrogens is 269 g/mol. The summed E-state index contributed by atoms with van der Waals surface area (Å²) in [6.45, 7) is 4.28. The maximum Gasteiger partial charge on any atom is 0.126 e. The first-order chi connectivity index (χ1) is 10.2. The van der Waals surface area contributed by atoms with Crippen molar-refractivity contribution in [3.05, 3.63) is 53.9 Å². The Morgan fingerprint density at radius 3 is 2.95 bits per heavy atom. The Hall–Kier alpha value is -1.72. The van der Waals surface area contributed by atoms with Crippen LogP contribution in [0.15, 0.2) is 36.9 Å². The van der Waals surface area contributed by atoms with Crippen molar-refractivity contribution in [1.29, 1.82) is 0 Å². The minimum atomic E-state index is -0.551. The lowest BCUT2D eigenvalue weighted by Gasteiger charge is -2.12. The van der Waals surface area contributed by atoms with Gasteiger partial charge in [0.15, 0.2) is 0 Å². The zero-order valence-electron chi connectivity index (χ0n) is 12.3. The van der Waals surface area contributed by atoms with Gasteiger partial charge >= 0.3 is 0 Å². The van der Waals surface area contributed by atoms with E-state index in [0.29, 0.717) is 12.0 Å². The van der Waals surface area contributed by atoms with Crippen LogP contribution in [-0.4, -0.2) is 27.7 Å². The van der Waals surface area contributed by atoms with Crippen LogP contribution in [-0.2, 0) is 6.54 Å². The number of hydrogen-bond acceptors (Lipinski definition) is 3. The summed E-state index contributed by atoms with van der Waals surface area (Å²) in [6.07, 6.45) is 6.61. The first-order valence-electron chi connectivity index (χ1n) is 7.27. The molecule has 0 spiro atoms. The fraction of sp³-hybridized carbons (Fsp3) is 0.438. The van der Waals surface area contributed by atoms with Gasteiger partial charge in [0.2, 0.25) is 0 Å². The normalized spacial score (nSPS) is 12.5. The van der Waals surface area contributed by atoms with Crippen molar-refractivity contribution in [2.24, 2.45) is 0 Å². The third-order valence-corrected chi connectivity index (χ3v) is 3.49. The van der Waals surface area contributed by atoms with E-state index in [0.717, 1.165) is 31.6 Å². The number of nitrogens with one attached hydrogen (secondary N) is 1. The second-order valence-electron chi connectivity index (χ2n) is 5.22. The van der Waals surface area contributed by atoms with Gasteiger partial charge in [-0.05, 0) is 50.0 Å². The van der Waals surface area contributed by atoms with Crippen LogP contribution in [0.25, 0.3) is 0 Å². The van der Waals surface area contributed by atoms with Gasteiger partial charge < -0.3 is 15.0 Å². The molecule has 1 atom stereocenters. The predicted octanol–water partition coefficient (Wildman–Crippen LogP) is 2.43. The molecule has 2 aromatic rings. The lowest BCUT2D eigenvalue weighted by molar-refractivity contribution is 0.166. The van der Waals surface area contributed by atoms with Crippen molar-refractivity contribution < 1.29 is 9.50 Å². The third-order valence-electron chi connectivity index (χ3n) is 3.49. The number of aryl methyl sites for hydroxylation is 2. The number of rotatable bonds is 8. The molecule has 0 saturated carbocycles. The molecule has 5 heteroatoms. The van der Waals surface area contributed by atoms with E-state index in [2.05, 4.69) is 10.3 Å². The Kier molecular flexibility index (Phi) is 5.90. The molecule has 0 amide bonds. The number of halogens is 1. The quantitative estimate of drug-likeness (QED) is 0.734. The number of benzene rings is 1. The monoisotopic (exact) mass is 291 g/mol. The van der Waals surface area contributed by atoms with Crippen LogP contribution in [0.5, 0.6) is 0 Å². The zero-order valence-corrected chi connectivity index (χ0v) is 12.3. The molecular formula is C16H22FN3O. The molecule has 0 aliphatic heterocycles. The Morgan fingerprint density at radius 1 is 1.38 bits per heavy atom. The Bertz CT molecular complexity index is 542. The van der Waals surface area contributed by atoms with Crippen molar-refractivity contribution in [1.82, 2.24) is 14.9 Å². The van der Waals surface area contributed by atoms with E-state index in [4.69, 9.17) is 0 Å². The number of imidazole rings is 1. The van der Waals surface area contributed by atoms with E-state index < -0.39 is 6.10 Å². The second-order valence-corrected chi connectivity index (χ2v) is 5.22. The number of nitrogens with zero attached hydrogens (tertiary/aromatic N) is 2. The van der Waals surface area contributed by atoms with E-state index in [9.17, 15) is 9.50 Å². The highest BCUT2D eigenvalue weighted by atomic mass is 19.1. The maximum atomic E-state index is 13.2. The molecule has 0 radical (unpaired) electrons. The van der Waals surface area contributed by atoms with Crippen LogP contribution in [0.1, 0.15) is 30.1 Å². The molecule has 1 aromatic heterocycles. The molecule has 0 saturated heterocycles. The summed E-state index contributed by atoms with van der Waals surface area (Å²) in [4.78, 5) is 3.99. The first kappa shape index (κ1) is 15.7. The van der Waals surface area contributed by atoms with E-state index in [-0.39, 0.29) is 5.82 Å². The molecule has 0 bridgehead atoms. The highest BCUT2D eigenvalue weighted by Gasteiger charge is 2.08. The van der Waals surface area contributed by atoms with Crippen molar-refractivity contribution in [3.63, 3.8) is 0 Å². The maximum absolute atomic E-state index is 13.2. The number of hydrogen-bond donors (Lipinski definition) is 2.